The summed E-state index contributed by atoms with van der Waals surface area (Å²) in [7, 11) is 0. The van der Waals surface area contributed by atoms with E-state index < -0.39 is 0 Å². The van der Waals surface area contributed by atoms with Crippen molar-refractivity contribution in [2.45, 2.75) is 0 Å². The van der Waals surface area contributed by atoms with Gasteiger partial charge in [-0.05, 0) is 5.57 Å². The van der Waals surface area contributed by atoms with Crippen LogP contribution in [-0.4, -0.2) is 18.8 Å². The molecule has 1 heterocycles. The van der Waals surface area contributed by atoms with E-state index in [9.17, 15) is 0 Å². The van der Waals surface area contributed by atoms with E-state index in [0.717, 1.165) is 18.8 Å². The fourth-order valence-electron chi connectivity index (χ4n) is 0.642. The molecule has 1 rings (SSSR count). The van der Waals surface area contributed by atoms with Crippen molar-refractivity contribution in [3.8, 4) is 0 Å². The predicted molar refractivity (Wildman–Crippen MR) is 34.8 cm³/mol. The van der Waals surface area contributed by atoms with Crippen molar-refractivity contribution in [1.29, 1.82) is 0 Å². The van der Waals surface area contributed by atoms with E-state index in [2.05, 4.69) is 24.0 Å². The van der Waals surface area contributed by atoms with E-state index in [1.165, 1.54) is 5.57 Å². The minimum Gasteiger partial charge on any atom is -0.310 e. The zero-order chi connectivity index (χ0) is 5.11. The van der Waals surface area contributed by atoms with Gasteiger partial charge in [0.25, 0.3) is 0 Å². The average Bonchev–Trinajstić information content (AvgIpc) is 2.14. The Kier molecular flexibility index (Phi) is 1.77. The molecule has 0 amide bonds. The maximum Gasteiger partial charge on any atom is 0.0176 e. The molecule has 0 fully saturated rings. The maximum absolute atomic E-state index is 4.11. The SMILES string of the molecule is SCC1=CCNC1. The number of thiol groups is 1. The first kappa shape index (κ1) is 5.19. The van der Waals surface area contributed by atoms with Crippen LogP contribution in [0.1, 0.15) is 0 Å². The van der Waals surface area contributed by atoms with Crippen LogP contribution in [0.3, 0.4) is 0 Å². The first-order valence-corrected chi connectivity index (χ1v) is 3.06. The van der Waals surface area contributed by atoms with Crippen molar-refractivity contribution in [2.24, 2.45) is 0 Å². The summed E-state index contributed by atoms with van der Waals surface area (Å²) in [5.74, 6) is 0.910. The Morgan fingerprint density at radius 3 is 3.00 bits per heavy atom. The molecule has 1 aliphatic rings. The van der Waals surface area contributed by atoms with Crippen molar-refractivity contribution in [2.75, 3.05) is 18.8 Å². The summed E-state index contributed by atoms with van der Waals surface area (Å²) in [6, 6.07) is 0. The van der Waals surface area contributed by atoms with Gasteiger partial charge in [-0.15, -0.1) is 0 Å². The van der Waals surface area contributed by atoms with Crippen molar-refractivity contribution in [3.05, 3.63) is 11.6 Å². The molecule has 1 nitrogen and oxygen atoms in total. The highest BCUT2D eigenvalue weighted by molar-refractivity contribution is 7.80. The molecule has 7 heavy (non-hydrogen) atoms. The molecule has 2 heteroatoms. The Morgan fingerprint density at radius 1 is 1.86 bits per heavy atom. The van der Waals surface area contributed by atoms with Gasteiger partial charge in [0.15, 0.2) is 0 Å². The topological polar surface area (TPSA) is 12.0 Å². The normalized spacial score (nSPS) is 19.9. The highest BCUT2D eigenvalue weighted by Gasteiger charge is 1.98. The van der Waals surface area contributed by atoms with Crippen LogP contribution in [0.5, 0.6) is 0 Å². The fourth-order valence-corrected chi connectivity index (χ4v) is 0.883. The Hall–Kier alpha value is 0.0500. The summed E-state index contributed by atoms with van der Waals surface area (Å²) < 4.78 is 0. The number of nitrogens with one attached hydrogen (secondary N) is 1. The van der Waals surface area contributed by atoms with Gasteiger partial charge in [0.05, 0.1) is 0 Å². The minimum atomic E-state index is 0.910. The summed E-state index contributed by atoms with van der Waals surface area (Å²) in [6.07, 6.45) is 2.19. The first-order chi connectivity index (χ1) is 3.43. The van der Waals surface area contributed by atoms with E-state index in [-0.39, 0.29) is 0 Å². The summed E-state index contributed by atoms with van der Waals surface area (Å²) in [5, 5.41) is 3.18. The van der Waals surface area contributed by atoms with Crippen LogP contribution in [0.15, 0.2) is 11.6 Å². The molecule has 1 N–H and O–H groups in total. The van der Waals surface area contributed by atoms with Gasteiger partial charge in [0, 0.05) is 18.8 Å². The average molecular weight is 115 g/mol. The number of rotatable bonds is 1. The van der Waals surface area contributed by atoms with Crippen molar-refractivity contribution in [1.82, 2.24) is 5.32 Å². The molecular weight excluding hydrogens is 106 g/mol. The fraction of sp³-hybridized carbons (Fsp3) is 0.600. The standard InChI is InChI=1S/C5H9NS/c7-4-5-1-2-6-3-5/h1,6-7H,2-4H2. The Balaban J connectivity index is 2.36. The molecule has 0 aromatic rings. The quantitative estimate of drug-likeness (QED) is 0.373. The Labute approximate surface area is 49.2 Å². The predicted octanol–water partition coefficient (Wildman–Crippen LogP) is 0.446. The van der Waals surface area contributed by atoms with Crippen LogP contribution in [0.25, 0.3) is 0 Å². The molecule has 0 aliphatic carbocycles. The van der Waals surface area contributed by atoms with E-state index in [1.807, 2.05) is 0 Å². The third kappa shape index (κ3) is 1.21. The summed E-state index contributed by atoms with van der Waals surface area (Å²) in [6.45, 7) is 2.08. The molecule has 0 saturated carbocycles. The highest BCUT2D eigenvalue weighted by Crippen LogP contribution is 1.98. The van der Waals surface area contributed by atoms with Gasteiger partial charge in [0.2, 0.25) is 0 Å². The lowest BCUT2D eigenvalue weighted by Gasteiger charge is -1.89. The lowest BCUT2D eigenvalue weighted by Crippen LogP contribution is -2.08. The largest absolute Gasteiger partial charge is 0.310 e. The van der Waals surface area contributed by atoms with E-state index >= 15 is 0 Å². The van der Waals surface area contributed by atoms with Crippen LogP contribution in [0.4, 0.5) is 0 Å². The highest BCUT2D eigenvalue weighted by atomic mass is 32.1. The molecule has 0 bridgehead atoms. The molecule has 40 valence electrons. The zero-order valence-electron chi connectivity index (χ0n) is 4.15. The van der Waals surface area contributed by atoms with Gasteiger partial charge < -0.3 is 5.32 Å². The molecule has 0 saturated heterocycles. The monoisotopic (exact) mass is 115 g/mol. The first-order valence-electron chi connectivity index (χ1n) is 2.43. The van der Waals surface area contributed by atoms with Crippen molar-refractivity contribution < 1.29 is 0 Å². The van der Waals surface area contributed by atoms with Gasteiger partial charge in [-0.2, -0.15) is 12.6 Å². The van der Waals surface area contributed by atoms with Crippen LogP contribution >= 0.6 is 12.6 Å². The van der Waals surface area contributed by atoms with Crippen molar-refractivity contribution in [3.63, 3.8) is 0 Å². The molecule has 0 atom stereocenters. The Morgan fingerprint density at radius 2 is 2.71 bits per heavy atom. The second-order valence-electron chi connectivity index (χ2n) is 1.65. The lowest BCUT2D eigenvalue weighted by molar-refractivity contribution is 0.876. The molecule has 0 unspecified atom stereocenters. The zero-order valence-corrected chi connectivity index (χ0v) is 5.04. The van der Waals surface area contributed by atoms with Crippen LogP contribution in [0, 0.1) is 0 Å². The van der Waals surface area contributed by atoms with Crippen LogP contribution in [0.2, 0.25) is 0 Å². The Bertz CT molecular complexity index is 88.1. The van der Waals surface area contributed by atoms with Crippen molar-refractivity contribution >= 4 is 12.6 Å². The van der Waals surface area contributed by atoms with Gasteiger partial charge in [-0.1, -0.05) is 6.08 Å². The summed E-state index contributed by atoms with van der Waals surface area (Å²) >= 11 is 4.11. The molecule has 0 aromatic heterocycles. The van der Waals surface area contributed by atoms with E-state index in [0.29, 0.717) is 0 Å². The van der Waals surface area contributed by atoms with E-state index in [1.54, 1.807) is 0 Å². The second kappa shape index (κ2) is 2.38. The lowest BCUT2D eigenvalue weighted by atomic mass is 10.3. The molecule has 0 spiro atoms. The third-order valence-electron chi connectivity index (χ3n) is 1.09. The number of hydrogen-bond donors (Lipinski definition) is 2. The summed E-state index contributed by atoms with van der Waals surface area (Å²) in [4.78, 5) is 0. The van der Waals surface area contributed by atoms with Gasteiger partial charge in [-0.3, -0.25) is 0 Å². The maximum atomic E-state index is 4.11. The van der Waals surface area contributed by atoms with Gasteiger partial charge >= 0.3 is 0 Å². The molecule has 0 aromatic carbocycles. The smallest absolute Gasteiger partial charge is 0.0176 e. The molecule has 1 aliphatic heterocycles. The molecular formula is C5H9NS. The molecule has 0 radical (unpaired) electrons. The summed E-state index contributed by atoms with van der Waals surface area (Å²) in [5.41, 5.74) is 1.42. The third-order valence-corrected chi connectivity index (χ3v) is 1.50. The minimum absolute atomic E-state index is 0.910. The van der Waals surface area contributed by atoms with Gasteiger partial charge in [-0.25, -0.2) is 0 Å². The van der Waals surface area contributed by atoms with Crippen LogP contribution < -0.4 is 5.32 Å². The number of hydrogen-bond acceptors (Lipinski definition) is 2. The van der Waals surface area contributed by atoms with E-state index in [4.69, 9.17) is 0 Å². The second-order valence-corrected chi connectivity index (χ2v) is 1.97. The van der Waals surface area contributed by atoms with Crippen LogP contribution in [-0.2, 0) is 0 Å². The van der Waals surface area contributed by atoms with Gasteiger partial charge in [0.1, 0.15) is 0 Å².